The highest BCUT2D eigenvalue weighted by Gasteiger charge is 2.27. The van der Waals surface area contributed by atoms with Crippen LogP contribution in [0.15, 0.2) is 4.79 Å². The molecule has 1 aliphatic heterocycles. The molecule has 114 valence electrons. The van der Waals surface area contributed by atoms with Crippen LogP contribution in [0, 0.1) is 19.8 Å². The topological polar surface area (TPSA) is 101 Å². The third-order valence-electron chi connectivity index (χ3n) is 3.96. The molecule has 1 fully saturated rings. The van der Waals surface area contributed by atoms with Crippen molar-refractivity contribution >= 4 is 11.9 Å². The Hall–Kier alpha value is -2.18. The summed E-state index contributed by atoms with van der Waals surface area (Å²) in [4.78, 5) is 38.5. The van der Waals surface area contributed by atoms with Gasteiger partial charge in [0, 0.05) is 24.4 Å². The number of carbonyl (C=O) groups is 2. The van der Waals surface area contributed by atoms with Gasteiger partial charge >= 0.3 is 11.7 Å². The highest BCUT2D eigenvalue weighted by molar-refractivity contribution is 5.78. The predicted octanol–water partition coefficient (Wildman–Crippen LogP) is 0.184. The van der Waals surface area contributed by atoms with E-state index in [1.54, 1.807) is 20.8 Å². The second-order valence-electron chi connectivity index (χ2n) is 5.52. The molecule has 0 bridgehead atoms. The molecule has 0 radical (unpaired) electrons. The minimum absolute atomic E-state index is 0.0904. The second kappa shape index (κ2) is 5.67. The third kappa shape index (κ3) is 2.96. The molecule has 2 unspecified atom stereocenters. The number of hydrogen-bond donors (Lipinski definition) is 2. The Bertz CT molecular complexity index is 650. The fraction of sp³-hybridized carbons (Fsp3) is 0.571. The molecule has 0 saturated carbocycles. The number of nitrogens with one attached hydrogen (secondary N) is 1. The molecule has 2 heterocycles. The monoisotopic (exact) mass is 293 g/mol. The van der Waals surface area contributed by atoms with E-state index < -0.39 is 17.6 Å². The Labute approximate surface area is 122 Å². The summed E-state index contributed by atoms with van der Waals surface area (Å²) in [6, 6.07) is -0.253. The lowest BCUT2D eigenvalue weighted by molar-refractivity contribution is -0.141. The summed E-state index contributed by atoms with van der Waals surface area (Å²) in [6.07, 6.45) is 0.563. The maximum Gasteiger partial charge on any atom is 0.348 e. The highest BCUT2D eigenvalue weighted by Crippen LogP contribution is 2.21. The lowest BCUT2D eigenvalue weighted by Gasteiger charge is -2.20. The Morgan fingerprint density at radius 1 is 1.48 bits per heavy atom. The molecule has 0 aromatic carbocycles. The molecular weight excluding hydrogens is 274 g/mol. The zero-order chi connectivity index (χ0) is 15.7. The zero-order valence-electron chi connectivity index (χ0n) is 12.3. The number of aryl methyl sites for hydroxylation is 1. The Balaban J connectivity index is 2.45. The number of nitrogens with zero attached hydrogens (tertiary/aromatic N) is 2. The van der Waals surface area contributed by atoms with Gasteiger partial charge in [0.15, 0.2) is 0 Å². The summed E-state index contributed by atoms with van der Waals surface area (Å²) in [5.74, 6) is -1.53. The van der Waals surface area contributed by atoms with Gasteiger partial charge in [0.25, 0.3) is 0 Å². The number of rotatable bonds is 4. The maximum absolute atomic E-state index is 12.1. The van der Waals surface area contributed by atoms with Crippen LogP contribution in [-0.2, 0) is 16.0 Å². The van der Waals surface area contributed by atoms with Crippen LogP contribution in [0.4, 0.5) is 0 Å². The molecule has 7 heteroatoms. The van der Waals surface area contributed by atoms with Crippen LogP contribution in [0.3, 0.4) is 0 Å². The number of hydrogen-bond acceptors (Lipinski definition) is 4. The van der Waals surface area contributed by atoms with E-state index in [0.717, 1.165) is 5.56 Å². The van der Waals surface area contributed by atoms with Crippen LogP contribution in [0.2, 0.25) is 0 Å². The Kier molecular flexibility index (Phi) is 4.11. The lowest BCUT2D eigenvalue weighted by Crippen LogP contribution is -2.32. The van der Waals surface area contributed by atoms with E-state index in [1.807, 2.05) is 0 Å². The first kappa shape index (κ1) is 15.2. The number of amides is 1. The molecule has 2 atom stereocenters. The van der Waals surface area contributed by atoms with Crippen molar-refractivity contribution in [2.45, 2.75) is 39.7 Å². The van der Waals surface area contributed by atoms with Gasteiger partial charge in [-0.2, -0.15) is 4.98 Å². The van der Waals surface area contributed by atoms with E-state index in [1.165, 1.54) is 4.57 Å². The molecule has 1 amide bonds. The second-order valence-corrected chi connectivity index (χ2v) is 5.52. The largest absolute Gasteiger partial charge is 0.481 e. The molecule has 0 spiro atoms. The van der Waals surface area contributed by atoms with Crippen molar-refractivity contribution in [1.29, 1.82) is 0 Å². The van der Waals surface area contributed by atoms with Crippen LogP contribution in [0.1, 0.15) is 36.3 Å². The zero-order valence-corrected chi connectivity index (χ0v) is 12.3. The first-order chi connectivity index (χ1) is 9.81. The number of aliphatic carboxylic acids is 1. The SMILES string of the molecule is Cc1nc(=O)n(C2CNC(=O)C2)c(C)c1CC(C)C(=O)O. The highest BCUT2D eigenvalue weighted by atomic mass is 16.4. The van der Waals surface area contributed by atoms with E-state index >= 15 is 0 Å². The molecule has 0 aliphatic carbocycles. The molecule has 1 saturated heterocycles. The average Bonchev–Trinajstić information content (AvgIpc) is 2.80. The molecular formula is C14H19N3O4. The van der Waals surface area contributed by atoms with Crippen LogP contribution in [0.25, 0.3) is 0 Å². The van der Waals surface area contributed by atoms with Gasteiger partial charge in [-0.15, -0.1) is 0 Å². The van der Waals surface area contributed by atoms with Gasteiger partial charge in [0.05, 0.1) is 12.0 Å². The number of carboxylic acid groups (broad SMARTS) is 1. The predicted molar refractivity (Wildman–Crippen MR) is 75.1 cm³/mol. The van der Waals surface area contributed by atoms with Crippen LogP contribution in [0.5, 0.6) is 0 Å². The maximum atomic E-state index is 12.1. The summed E-state index contributed by atoms with van der Waals surface area (Å²) in [5.41, 5.74) is 1.63. The summed E-state index contributed by atoms with van der Waals surface area (Å²) >= 11 is 0. The minimum atomic E-state index is -0.885. The molecule has 7 nitrogen and oxygen atoms in total. The fourth-order valence-corrected chi connectivity index (χ4v) is 2.71. The average molecular weight is 293 g/mol. The molecule has 21 heavy (non-hydrogen) atoms. The van der Waals surface area contributed by atoms with E-state index in [0.29, 0.717) is 24.4 Å². The van der Waals surface area contributed by atoms with Gasteiger partial charge in [-0.3, -0.25) is 14.2 Å². The molecule has 1 aliphatic rings. The summed E-state index contributed by atoms with van der Waals surface area (Å²) in [5, 5.41) is 11.7. The molecule has 2 rings (SSSR count). The van der Waals surface area contributed by atoms with Crippen LogP contribution < -0.4 is 11.0 Å². The third-order valence-corrected chi connectivity index (χ3v) is 3.96. The minimum Gasteiger partial charge on any atom is -0.481 e. The fourth-order valence-electron chi connectivity index (χ4n) is 2.71. The quantitative estimate of drug-likeness (QED) is 0.825. The first-order valence-corrected chi connectivity index (χ1v) is 6.89. The van der Waals surface area contributed by atoms with Gasteiger partial charge in [-0.25, -0.2) is 4.79 Å². The first-order valence-electron chi connectivity index (χ1n) is 6.89. The number of aromatic nitrogens is 2. The van der Waals surface area contributed by atoms with Crippen molar-refractivity contribution in [2.75, 3.05) is 6.54 Å². The molecule has 1 aromatic heterocycles. The van der Waals surface area contributed by atoms with Gasteiger partial charge in [0.2, 0.25) is 5.91 Å². The van der Waals surface area contributed by atoms with Gasteiger partial charge in [-0.1, -0.05) is 6.92 Å². The van der Waals surface area contributed by atoms with Gasteiger partial charge in [-0.05, 0) is 25.8 Å². The standard InChI is InChI=1S/C14H19N3O4/c1-7(13(19)20)4-11-8(2)16-14(21)17(9(11)3)10-5-12(18)15-6-10/h7,10H,4-6H2,1-3H3,(H,15,18)(H,19,20). The van der Waals surface area contributed by atoms with Crippen LogP contribution >= 0.6 is 0 Å². The van der Waals surface area contributed by atoms with Crippen molar-refractivity contribution in [3.8, 4) is 0 Å². The van der Waals surface area contributed by atoms with Gasteiger partial charge in [0.1, 0.15) is 0 Å². The smallest absolute Gasteiger partial charge is 0.348 e. The van der Waals surface area contributed by atoms with Crippen molar-refractivity contribution in [1.82, 2.24) is 14.9 Å². The Morgan fingerprint density at radius 2 is 2.14 bits per heavy atom. The summed E-state index contributed by atoms with van der Waals surface area (Å²) < 4.78 is 1.51. The molecule has 2 N–H and O–H groups in total. The lowest BCUT2D eigenvalue weighted by atomic mass is 9.98. The van der Waals surface area contributed by atoms with E-state index in [4.69, 9.17) is 5.11 Å². The van der Waals surface area contributed by atoms with Crippen molar-refractivity contribution in [3.63, 3.8) is 0 Å². The van der Waals surface area contributed by atoms with E-state index in [-0.39, 0.29) is 18.4 Å². The van der Waals surface area contributed by atoms with Crippen molar-refractivity contribution < 1.29 is 14.7 Å². The van der Waals surface area contributed by atoms with Crippen molar-refractivity contribution in [2.24, 2.45) is 5.92 Å². The Morgan fingerprint density at radius 3 is 2.67 bits per heavy atom. The summed E-state index contributed by atoms with van der Waals surface area (Å²) in [6.45, 7) is 5.51. The van der Waals surface area contributed by atoms with E-state index in [9.17, 15) is 14.4 Å². The van der Waals surface area contributed by atoms with Gasteiger partial charge < -0.3 is 10.4 Å². The number of carboxylic acids is 1. The number of carbonyl (C=O) groups excluding carboxylic acids is 1. The van der Waals surface area contributed by atoms with E-state index in [2.05, 4.69) is 10.3 Å². The normalized spacial score (nSPS) is 19.4. The van der Waals surface area contributed by atoms with Crippen molar-refractivity contribution in [3.05, 3.63) is 27.4 Å². The summed E-state index contributed by atoms with van der Waals surface area (Å²) in [7, 11) is 0. The van der Waals surface area contributed by atoms with Crippen LogP contribution in [-0.4, -0.2) is 33.1 Å². The molecule has 1 aromatic rings.